The van der Waals surface area contributed by atoms with Crippen molar-refractivity contribution in [3.63, 3.8) is 0 Å². The molecule has 0 aromatic heterocycles. The molecule has 8 nitrogen and oxygen atoms in total. The number of urea groups is 1. The van der Waals surface area contributed by atoms with Crippen molar-refractivity contribution in [2.45, 2.75) is 24.9 Å². The second kappa shape index (κ2) is 9.30. The van der Waals surface area contributed by atoms with E-state index in [2.05, 4.69) is 16.0 Å². The van der Waals surface area contributed by atoms with Gasteiger partial charge < -0.3 is 25.6 Å². The van der Waals surface area contributed by atoms with E-state index < -0.39 is 6.04 Å². The zero-order valence-electron chi connectivity index (χ0n) is 17.1. The van der Waals surface area contributed by atoms with Gasteiger partial charge in [0.1, 0.15) is 11.8 Å². The molecule has 1 unspecified atom stereocenters. The van der Waals surface area contributed by atoms with E-state index in [1.165, 1.54) is 0 Å². The van der Waals surface area contributed by atoms with Crippen LogP contribution in [-0.4, -0.2) is 53.6 Å². The number of hydrogen-bond donors (Lipinski definition) is 3. The Kier molecular flexibility index (Phi) is 6.31. The smallest absolute Gasteiger partial charge is 0.319 e. The molecule has 0 radical (unpaired) electrons. The van der Waals surface area contributed by atoms with E-state index in [1.54, 1.807) is 72.3 Å². The summed E-state index contributed by atoms with van der Waals surface area (Å²) in [6.07, 6.45) is 2.03. The van der Waals surface area contributed by atoms with Crippen molar-refractivity contribution in [2.24, 2.45) is 0 Å². The van der Waals surface area contributed by atoms with Crippen LogP contribution in [0, 0.1) is 0 Å². The number of ether oxygens (including phenoxy) is 1. The topological polar surface area (TPSA) is 99.8 Å². The van der Waals surface area contributed by atoms with Crippen molar-refractivity contribution >= 4 is 41.0 Å². The lowest BCUT2D eigenvalue weighted by atomic mass is 10.1. The quantitative estimate of drug-likeness (QED) is 0.641. The number of rotatable bonds is 6. The number of hydrogen-bond acceptors (Lipinski definition) is 5. The van der Waals surface area contributed by atoms with Gasteiger partial charge in [-0.2, -0.15) is 0 Å². The maximum atomic E-state index is 13.0. The number of benzene rings is 2. The van der Waals surface area contributed by atoms with Gasteiger partial charge in [-0.1, -0.05) is 0 Å². The molecule has 0 spiro atoms. The average molecular weight is 441 g/mol. The third kappa shape index (κ3) is 5.29. The molecular weight excluding hydrogens is 416 g/mol. The molecule has 1 saturated heterocycles. The fourth-order valence-corrected chi connectivity index (χ4v) is 4.36. The number of anilines is 2. The van der Waals surface area contributed by atoms with Gasteiger partial charge in [-0.25, -0.2) is 4.79 Å². The molecule has 31 heavy (non-hydrogen) atoms. The van der Waals surface area contributed by atoms with Crippen LogP contribution in [0.5, 0.6) is 5.75 Å². The Morgan fingerprint density at radius 2 is 1.61 bits per heavy atom. The fraction of sp³-hybridized carbons (Fsp3) is 0.318. The normalized spacial score (nSPS) is 17.7. The molecule has 4 amide bonds. The number of amides is 4. The summed E-state index contributed by atoms with van der Waals surface area (Å²) in [4.78, 5) is 39.2. The summed E-state index contributed by atoms with van der Waals surface area (Å²) in [5.41, 5.74) is 1.73. The van der Waals surface area contributed by atoms with Gasteiger partial charge in [0.2, 0.25) is 5.91 Å². The zero-order chi connectivity index (χ0) is 21.8. The Morgan fingerprint density at radius 1 is 0.968 bits per heavy atom. The number of carbonyl (C=O) groups is 3. The predicted molar refractivity (Wildman–Crippen MR) is 121 cm³/mol. The Labute approximate surface area is 184 Å². The first-order valence-electron chi connectivity index (χ1n) is 10.0. The largest absolute Gasteiger partial charge is 0.497 e. The molecule has 1 aliphatic heterocycles. The molecule has 9 heteroatoms. The van der Waals surface area contributed by atoms with Gasteiger partial charge in [-0.15, -0.1) is 11.8 Å². The van der Waals surface area contributed by atoms with E-state index >= 15 is 0 Å². The lowest BCUT2D eigenvalue weighted by Gasteiger charge is -2.23. The van der Waals surface area contributed by atoms with Crippen LogP contribution in [0.15, 0.2) is 48.5 Å². The SMILES string of the molecule is COc1ccc(NC(=O)C2CSCN2C(=O)c2ccc(NC(=O)NC3CC3)cc2)cc1. The number of nitrogens with one attached hydrogen (secondary N) is 3. The predicted octanol–water partition coefficient (Wildman–Crippen LogP) is 3.13. The van der Waals surface area contributed by atoms with Gasteiger partial charge in [0, 0.05) is 28.7 Å². The van der Waals surface area contributed by atoms with E-state index in [0.717, 1.165) is 12.8 Å². The molecule has 1 heterocycles. The zero-order valence-corrected chi connectivity index (χ0v) is 17.9. The van der Waals surface area contributed by atoms with Crippen molar-refractivity contribution in [3.05, 3.63) is 54.1 Å². The molecule has 2 aromatic carbocycles. The van der Waals surface area contributed by atoms with E-state index in [1.807, 2.05) is 0 Å². The highest BCUT2D eigenvalue weighted by molar-refractivity contribution is 7.99. The van der Waals surface area contributed by atoms with E-state index in [9.17, 15) is 14.4 Å². The van der Waals surface area contributed by atoms with Crippen LogP contribution in [0.3, 0.4) is 0 Å². The minimum Gasteiger partial charge on any atom is -0.497 e. The Morgan fingerprint density at radius 3 is 2.26 bits per heavy atom. The van der Waals surface area contributed by atoms with Gasteiger partial charge in [0.05, 0.1) is 13.0 Å². The molecule has 2 aliphatic rings. The highest BCUT2D eigenvalue weighted by Gasteiger charge is 2.35. The third-order valence-corrected chi connectivity index (χ3v) is 6.12. The van der Waals surface area contributed by atoms with E-state index in [4.69, 9.17) is 4.74 Å². The Balaban J connectivity index is 1.37. The lowest BCUT2D eigenvalue weighted by Crippen LogP contribution is -2.44. The van der Waals surface area contributed by atoms with Crippen LogP contribution in [-0.2, 0) is 4.79 Å². The fourth-order valence-electron chi connectivity index (χ4n) is 3.20. The van der Waals surface area contributed by atoms with Gasteiger partial charge in [0.15, 0.2) is 0 Å². The van der Waals surface area contributed by atoms with Crippen LogP contribution in [0.4, 0.5) is 16.2 Å². The van der Waals surface area contributed by atoms with Crippen molar-refractivity contribution in [1.29, 1.82) is 0 Å². The Bertz CT molecular complexity index is 960. The highest BCUT2D eigenvalue weighted by atomic mass is 32.2. The van der Waals surface area contributed by atoms with Crippen LogP contribution in [0.1, 0.15) is 23.2 Å². The molecule has 4 rings (SSSR count). The van der Waals surface area contributed by atoms with Crippen molar-refractivity contribution in [3.8, 4) is 5.75 Å². The van der Waals surface area contributed by atoms with Gasteiger partial charge in [0.25, 0.3) is 5.91 Å². The maximum absolute atomic E-state index is 13.0. The molecule has 162 valence electrons. The van der Waals surface area contributed by atoms with Gasteiger partial charge in [-0.05, 0) is 61.4 Å². The Hall–Kier alpha value is -3.20. The summed E-state index contributed by atoms with van der Waals surface area (Å²) >= 11 is 1.54. The highest BCUT2D eigenvalue weighted by Crippen LogP contribution is 2.25. The third-order valence-electron chi connectivity index (χ3n) is 5.11. The molecular formula is C22H24N4O4S. The lowest BCUT2D eigenvalue weighted by molar-refractivity contribution is -0.119. The van der Waals surface area contributed by atoms with Crippen molar-refractivity contribution in [2.75, 3.05) is 29.4 Å². The standard InChI is InChI=1S/C22H24N4O4S/c1-30-18-10-8-15(9-11-18)23-20(27)19-12-31-13-26(19)21(28)14-2-4-16(5-3-14)24-22(29)25-17-6-7-17/h2-5,8-11,17,19H,6-7,12-13H2,1H3,(H,23,27)(H2,24,25,29). The number of carbonyl (C=O) groups excluding carboxylic acids is 3. The monoisotopic (exact) mass is 440 g/mol. The molecule has 2 fully saturated rings. The van der Waals surface area contributed by atoms with Gasteiger partial charge >= 0.3 is 6.03 Å². The van der Waals surface area contributed by atoms with Crippen LogP contribution in [0.25, 0.3) is 0 Å². The minimum atomic E-state index is -0.554. The van der Waals surface area contributed by atoms with E-state index in [0.29, 0.717) is 34.3 Å². The summed E-state index contributed by atoms with van der Waals surface area (Å²) in [5.74, 6) is 1.25. The summed E-state index contributed by atoms with van der Waals surface area (Å²) in [7, 11) is 1.58. The average Bonchev–Trinajstić information content (AvgIpc) is 3.45. The van der Waals surface area contributed by atoms with Crippen molar-refractivity contribution in [1.82, 2.24) is 10.2 Å². The molecule has 1 aliphatic carbocycles. The second-order valence-corrected chi connectivity index (χ2v) is 8.46. The second-order valence-electron chi connectivity index (χ2n) is 7.46. The summed E-state index contributed by atoms with van der Waals surface area (Å²) in [6, 6.07) is 13.2. The number of nitrogens with zero attached hydrogens (tertiary/aromatic N) is 1. The number of methoxy groups -OCH3 is 1. The molecule has 1 atom stereocenters. The first kappa shape index (κ1) is 21.0. The molecule has 2 aromatic rings. The van der Waals surface area contributed by atoms with Crippen LogP contribution < -0.4 is 20.7 Å². The first-order chi connectivity index (χ1) is 15.0. The summed E-state index contributed by atoms with van der Waals surface area (Å²) in [6.45, 7) is 0. The van der Waals surface area contributed by atoms with Gasteiger partial charge in [-0.3, -0.25) is 9.59 Å². The van der Waals surface area contributed by atoms with Crippen molar-refractivity contribution < 1.29 is 19.1 Å². The summed E-state index contributed by atoms with van der Waals surface area (Å²) < 4.78 is 5.12. The molecule has 0 bridgehead atoms. The summed E-state index contributed by atoms with van der Waals surface area (Å²) in [5, 5.41) is 8.48. The van der Waals surface area contributed by atoms with Crippen LogP contribution >= 0.6 is 11.8 Å². The first-order valence-corrected chi connectivity index (χ1v) is 11.2. The molecule has 3 N–H and O–H groups in total. The maximum Gasteiger partial charge on any atom is 0.319 e. The van der Waals surface area contributed by atoms with E-state index in [-0.39, 0.29) is 23.9 Å². The number of thioether (sulfide) groups is 1. The van der Waals surface area contributed by atoms with Crippen LogP contribution in [0.2, 0.25) is 0 Å². The minimum absolute atomic E-state index is 0.214. The molecule has 1 saturated carbocycles.